The van der Waals surface area contributed by atoms with E-state index in [1.54, 1.807) is 24.3 Å². The van der Waals surface area contributed by atoms with Crippen molar-refractivity contribution in [1.82, 2.24) is 5.43 Å². The molecule has 2 amide bonds. The number of halogens is 1. The van der Waals surface area contributed by atoms with Crippen molar-refractivity contribution in [2.45, 2.75) is 31.6 Å². The van der Waals surface area contributed by atoms with E-state index in [1.807, 2.05) is 18.2 Å². The molecule has 0 bridgehead atoms. The van der Waals surface area contributed by atoms with Gasteiger partial charge in [-0.2, -0.15) is 5.10 Å². The third kappa shape index (κ3) is 5.91. The normalized spacial score (nSPS) is 15.2. The van der Waals surface area contributed by atoms with Gasteiger partial charge in [-0.15, -0.1) is 0 Å². The van der Waals surface area contributed by atoms with Gasteiger partial charge in [0.2, 0.25) is 0 Å². The molecule has 35 heavy (non-hydrogen) atoms. The highest BCUT2D eigenvalue weighted by Crippen LogP contribution is 2.31. The van der Waals surface area contributed by atoms with E-state index in [-0.39, 0.29) is 27.5 Å². The Morgan fingerprint density at radius 2 is 1.60 bits per heavy atom. The van der Waals surface area contributed by atoms with Crippen LogP contribution in [0, 0.1) is 10.1 Å². The molecule has 0 aromatic heterocycles. The minimum Gasteiger partial charge on any atom is -0.321 e. The number of benzene rings is 3. The first kappa shape index (κ1) is 24.1. The van der Waals surface area contributed by atoms with Crippen molar-refractivity contribution in [3.63, 3.8) is 0 Å². The predicted molar refractivity (Wildman–Crippen MR) is 135 cm³/mol. The molecule has 0 unspecified atom stereocenters. The summed E-state index contributed by atoms with van der Waals surface area (Å²) in [5, 5.41) is 18.1. The number of carbonyl (C=O) groups excluding carboxylic acids is 2. The zero-order valence-electron chi connectivity index (χ0n) is 18.7. The van der Waals surface area contributed by atoms with Crippen molar-refractivity contribution in [3.05, 3.63) is 105 Å². The Balaban J connectivity index is 1.42. The molecule has 1 aliphatic carbocycles. The summed E-state index contributed by atoms with van der Waals surface area (Å²) in [6.07, 6.45) is 3.53. The summed E-state index contributed by atoms with van der Waals surface area (Å²) in [7, 11) is 0. The van der Waals surface area contributed by atoms with E-state index in [9.17, 15) is 19.7 Å². The molecular weight excluding hydrogens is 468 g/mol. The van der Waals surface area contributed by atoms with Gasteiger partial charge >= 0.3 is 0 Å². The molecule has 178 valence electrons. The molecule has 0 saturated heterocycles. The van der Waals surface area contributed by atoms with Gasteiger partial charge in [-0.05, 0) is 55.4 Å². The lowest BCUT2D eigenvalue weighted by Crippen LogP contribution is -2.24. The standard InChI is InChI=1S/C26H23ClN4O4/c27-23-15-14-20(31(34)35)16-22(23)25(32)28-24-9-5-4-8-21(24)26(33)30-29-19-12-10-18(11-13-19)17-6-2-1-3-7-17/h1-9,14-16,18H,10-13H2,(H,28,32)(H,30,33). The lowest BCUT2D eigenvalue weighted by Gasteiger charge is -2.23. The van der Waals surface area contributed by atoms with Crippen LogP contribution in [0.25, 0.3) is 0 Å². The minimum atomic E-state index is -0.663. The van der Waals surface area contributed by atoms with Crippen LogP contribution < -0.4 is 10.7 Å². The molecule has 1 fully saturated rings. The Labute approximate surface area is 207 Å². The number of hydrogen-bond acceptors (Lipinski definition) is 5. The molecule has 1 saturated carbocycles. The monoisotopic (exact) mass is 490 g/mol. The highest BCUT2D eigenvalue weighted by Gasteiger charge is 2.21. The first-order chi connectivity index (χ1) is 16.9. The van der Waals surface area contributed by atoms with Crippen molar-refractivity contribution in [2.75, 3.05) is 5.32 Å². The quantitative estimate of drug-likeness (QED) is 0.328. The van der Waals surface area contributed by atoms with Crippen molar-refractivity contribution >= 4 is 40.5 Å². The van der Waals surface area contributed by atoms with Gasteiger partial charge in [0, 0.05) is 17.8 Å². The molecule has 9 heteroatoms. The number of rotatable bonds is 6. The summed E-state index contributed by atoms with van der Waals surface area (Å²) >= 11 is 6.07. The third-order valence-corrected chi connectivity index (χ3v) is 6.30. The maximum Gasteiger partial charge on any atom is 0.273 e. The van der Waals surface area contributed by atoms with E-state index in [4.69, 9.17) is 11.6 Å². The van der Waals surface area contributed by atoms with Crippen LogP contribution in [0.1, 0.15) is 57.9 Å². The highest BCUT2D eigenvalue weighted by molar-refractivity contribution is 6.34. The second-order valence-electron chi connectivity index (χ2n) is 8.22. The molecular formula is C26H23ClN4O4. The van der Waals surface area contributed by atoms with E-state index in [1.165, 1.54) is 17.7 Å². The van der Waals surface area contributed by atoms with Gasteiger partial charge in [0.05, 0.1) is 26.8 Å². The maximum atomic E-state index is 12.8. The fourth-order valence-electron chi connectivity index (χ4n) is 4.09. The number of amides is 2. The third-order valence-electron chi connectivity index (χ3n) is 5.97. The van der Waals surface area contributed by atoms with Crippen LogP contribution in [0.2, 0.25) is 5.02 Å². The summed E-state index contributed by atoms with van der Waals surface area (Å²) in [5.74, 6) is -0.643. The lowest BCUT2D eigenvalue weighted by molar-refractivity contribution is -0.384. The van der Waals surface area contributed by atoms with Crippen LogP contribution in [-0.2, 0) is 0 Å². The van der Waals surface area contributed by atoms with Gasteiger partial charge in [-0.3, -0.25) is 19.7 Å². The number of nitro benzene ring substituents is 1. The average molecular weight is 491 g/mol. The number of non-ortho nitro benzene ring substituents is 1. The number of anilines is 1. The summed E-state index contributed by atoms with van der Waals surface area (Å²) in [4.78, 5) is 36.0. The highest BCUT2D eigenvalue weighted by atomic mass is 35.5. The molecule has 2 N–H and O–H groups in total. The smallest absolute Gasteiger partial charge is 0.273 e. The minimum absolute atomic E-state index is 0.0625. The fraction of sp³-hybridized carbons (Fsp3) is 0.192. The molecule has 0 atom stereocenters. The zero-order valence-corrected chi connectivity index (χ0v) is 19.5. The SMILES string of the molecule is O=C(Nc1ccccc1C(=O)NN=C1CCC(c2ccccc2)CC1)c1cc([N+](=O)[O-])ccc1Cl. The Morgan fingerprint density at radius 1 is 0.914 bits per heavy atom. The van der Waals surface area contributed by atoms with Gasteiger partial charge in [0.15, 0.2) is 0 Å². The number of nitrogens with zero attached hydrogens (tertiary/aromatic N) is 2. The predicted octanol–water partition coefficient (Wildman–Crippen LogP) is 5.94. The van der Waals surface area contributed by atoms with E-state index >= 15 is 0 Å². The second kappa shape index (κ2) is 10.9. The topological polar surface area (TPSA) is 114 Å². The van der Waals surface area contributed by atoms with Gasteiger partial charge < -0.3 is 5.32 Å². The maximum absolute atomic E-state index is 12.8. The lowest BCUT2D eigenvalue weighted by atomic mass is 9.83. The van der Waals surface area contributed by atoms with Crippen LogP contribution >= 0.6 is 11.6 Å². The van der Waals surface area contributed by atoms with Crippen molar-refractivity contribution in [2.24, 2.45) is 5.10 Å². The number of nitro groups is 1. The molecule has 0 aliphatic heterocycles. The number of hydrazone groups is 1. The van der Waals surface area contributed by atoms with Crippen molar-refractivity contribution < 1.29 is 14.5 Å². The number of carbonyl (C=O) groups is 2. The van der Waals surface area contributed by atoms with E-state index < -0.39 is 16.7 Å². The number of hydrogen-bond donors (Lipinski definition) is 2. The van der Waals surface area contributed by atoms with Crippen LogP contribution in [0.4, 0.5) is 11.4 Å². The summed E-state index contributed by atoms with van der Waals surface area (Å²) in [5.41, 5.74) is 4.97. The first-order valence-corrected chi connectivity index (χ1v) is 11.5. The molecule has 0 spiro atoms. The van der Waals surface area contributed by atoms with Crippen LogP contribution in [0.15, 0.2) is 77.9 Å². The molecule has 3 aromatic rings. The zero-order chi connectivity index (χ0) is 24.8. The van der Waals surface area contributed by atoms with E-state index in [0.29, 0.717) is 5.92 Å². The van der Waals surface area contributed by atoms with Crippen LogP contribution in [0.3, 0.4) is 0 Å². The van der Waals surface area contributed by atoms with Gasteiger partial charge in [0.1, 0.15) is 0 Å². The summed E-state index contributed by atoms with van der Waals surface area (Å²) < 4.78 is 0. The van der Waals surface area contributed by atoms with Crippen molar-refractivity contribution in [3.8, 4) is 0 Å². The Bertz CT molecular complexity index is 1280. The Morgan fingerprint density at radius 3 is 2.31 bits per heavy atom. The van der Waals surface area contributed by atoms with Gasteiger partial charge in [-0.1, -0.05) is 54.1 Å². The van der Waals surface area contributed by atoms with E-state index in [0.717, 1.165) is 37.5 Å². The van der Waals surface area contributed by atoms with Crippen LogP contribution in [0.5, 0.6) is 0 Å². The van der Waals surface area contributed by atoms with Crippen molar-refractivity contribution in [1.29, 1.82) is 0 Å². The molecule has 3 aromatic carbocycles. The van der Waals surface area contributed by atoms with Crippen LogP contribution in [-0.4, -0.2) is 22.4 Å². The fourth-order valence-corrected chi connectivity index (χ4v) is 4.30. The Kier molecular flexibility index (Phi) is 7.52. The summed E-state index contributed by atoms with van der Waals surface area (Å²) in [6, 6.07) is 20.4. The second-order valence-corrected chi connectivity index (χ2v) is 8.63. The van der Waals surface area contributed by atoms with E-state index in [2.05, 4.69) is 28.0 Å². The molecule has 8 nitrogen and oxygen atoms in total. The number of para-hydroxylation sites is 1. The first-order valence-electron chi connectivity index (χ1n) is 11.2. The largest absolute Gasteiger partial charge is 0.321 e. The summed E-state index contributed by atoms with van der Waals surface area (Å²) in [6.45, 7) is 0. The molecule has 4 rings (SSSR count). The van der Waals surface area contributed by atoms with Gasteiger partial charge in [0.25, 0.3) is 17.5 Å². The molecule has 0 heterocycles. The molecule has 1 aliphatic rings. The number of nitrogens with one attached hydrogen (secondary N) is 2. The Hall–Kier alpha value is -4.04. The van der Waals surface area contributed by atoms with Gasteiger partial charge in [-0.25, -0.2) is 5.43 Å². The average Bonchev–Trinajstić information content (AvgIpc) is 2.88. The molecule has 0 radical (unpaired) electrons.